The summed E-state index contributed by atoms with van der Waals surface area (Å²) in [7, 11) is 3.21. The van der Waals surface area contributed by atoms with Gasteiger partial charge >= 0.3 is 5.97 Å². The lowest BCUT2D eigenvalue weighted by atomic mass is 10.0. The van der Waals surface area contributed by atoms with E-state index in [1.807, 2.05) is 13.1 Å². The SMILES string of the molecule is CCc1ccc(C(=O)OC)c2c1cnn2C. The molecule has 1 aromatic heterocycles. The van der Waals surface area contributed by atoms with Crippen LogP contribution in [0.25, 0.3) is 10.9 Å². The lowest BCUT2D eigenvalue weighted by Gasteiger charge is -2.06. The van der Waals surface area contributed by atoms with Crippen LogP contribution in [0.3, 0.4) is 0 Å². The smallest absolute Gasteiger partial charge is 0.340 e. The fourth-order valence-electron chi connectivity index (χ4n) is 1.93. The third-order valence-electron chi connectivity index (χ3n) is 2.78. The molecule has 0 N–H and O–H groups in total. The number of benzene rings is 1. The summed E-state index contributed by atoms with van der Waals surface area (Å²) < 4.78 is 6.47. The third kappa shape index (κ3) is 1.46. The van der Waals surface area contributed by atoms with Gasteiger partial charge in [0.15, 0.2) is 0 Å². The molecule has 2 rings (SSSR count). The standard InChI is InChI=1S/C12H14N2O2/c1-4-8-5-6-9(12(15)16-3)11-10(8)7-13-14(11)2/h5-7H,4H2,1-3H3. The lowest BCUT2D eigenvalue weighted by Crippen LogP contribution is -2.05. The first kappa shape index (κ1) is 10.7. The number of nitrogens with zero attached hydrogens (tertiary/aromatic N) is 2. The predicted octanol–water partition coefficient (Wildman–Crippen LogP) is 1.92. The number of rotatable bonds is 2. The minimum absolute atomic E-state index is 0.323. The number of ether oxygens (including phenoxy) is 1. The summed E-state index contributed by atoms with van der Waals surface area (Å²) in [6.07, 6.45) is 2.71. The van der Waals surface area contributed by atoms with Crippen molar-refractivity contribution in [1.82, 2.24) is 9.78 Å². The molecule has 0 saturated carbocycles. The van der Waals surface area contributed by atoms with Crippen LogP contribution in [0, 0.1) is 0 Å². The molecule has 4 nitrogen and oxygen atoms in total. The number of aromatic nitrogens is 2. The molecular formula is C12H14N2O2. The van der Waals surface area contributed by atoms with Gasteiger partial charge in [-0.1, -0.05) is 13.0 Å². The van der Waals surface area contributed by atoms with Gasteiger partial charge in [-0.25, -0.2) is 4.79 Å². The molecule has 0 unspecified atom stereocenters. The van der Waals surface area contributed by atoms with Gasteiger partial charge in [-0.15, -0.1) is 0 Å². The van der Waals surface area contributed by atoms with Crippen LogP contribution in [-0.4, -0.2) is 22.9 Å². The van der Waals surface area contributed by atoms with Crippen molar-refractivity contribution in [2.45, 2.75) is 13.3 Å². The van der Waals surface area contributed by atoms with Gasteiger partial charge in [0.1, 0.15) is 0 Å². The Morgan fingerprint density at radius 3 is 2.88 bits per heavy atom. The van der Waals surface area contributed by atoms with Crippen LogP contribution in [0.1, 0.15) is 22.8 Å². The maximum absolute atomic E-state index is 11.6. The minimum atomic E-state index is -0.323. The highest BCUT2D eigenvalue weighted by atomic mass is 16.5. The van der Waals surface area contributed by atoms with Crippen molar-refractivity contribution in [3.63, 3.8) is 0 Å². The summed E-state index contributed by atoms with van der Waals surface area (Å²) >= 11 is 0. The van der Waals surface area contributed by atoms with E-state index in [2.05, 4.69) is 12.0 Å². The van der Waals surface area contributed by atoms with E-state index < -0.39 is 0 Å². The molecule has 0 spiro atoms. The van der Waals surface area contributed by atoms with E-state index in [1.165, 1.54) is 12.7 Å². The van der Waals surface area contributed by atoms with Crippen molar-refractivity contribution in [3.8, 4) is 0 Å². The van der Waals surface area contributed by atoms with Crippen molar-refractivity contribution in [2.24, 2.45) is 7.05 Å². The molecule has 0 aliphatic heterocycles. The molecule has 0 aliphatic rings. The van der Waals surface area contributed by atoms with Gasteiger partial charge in [0, 0.05) is 12.4 Å². The zero-order valence-corrected chi connectivity index (χ0v) is 9.65. The van der Waals surface area contributed by atoms with Crippen molar-refractivity contribution in [1.29, 1.82) is 0 Å². The molecule has 4 heteroatoms. The molecule has 0 saturated heterocycles. The number of carbonyl (C=O) groups is 1. The van der Waals surface area contributed by atoms with Crippen LogP contribution in [0.5, 0.6) is 0 Å². The van der Waals surface area contributed by atoms with E-state index in [1.54, 1.807) is 16.9 Å². The summed E-state index contributed by atoms with van der Waals surface area (Å²) in [5, 5.41) is 5.21. The van der Waals surface area contributed by atoms with E-state index in [0.29, 0.717) is 5.56 Å². The van der Waals surface area contributed by atoms with E-state index in [0.717, 1.165) is 17.3 Å². The van der Waals surface area contributed by atoms with Crippen LogP contribution in [0.4, 0.5) is 0 Å². The van der Waals surface area contributed by atoms with Crippen molar-refractivity contribution in [3.05, 3.63) is 29.5 Å². The minimum Gasteiger partial charge on any atom is -0.465 e. The highest BCUT2D eigenvalue weighted by molar-refractivity contribution is 6.03. The van der Waals surface area contributed by atoms with Crippen LogP contribution < -0.4 is 0 Å². The third-order valence-corrected chi connectivity index (χ3v) is 2.78. The highest BCUT2D eigenvalue weighted by Gasteiger charge is 2.15. The Hall–Kier alpha value is -1.84. The average molecular weight is 218 g/mol. The number of fused-ring (bicyclic) bond motifs is 1. The molecule has 0 aliphatic carbocycles. The van der Waals surface area contributed by atoms with Gasteiger partial charge in [-0.2, -0.15) is 5.10 Å². The second kappa shape index (κ2) is 3.96. The molecule has 0 atom stereocenters. The van der Waals surface area contributed by atoms with Crippen LogP contribution >= 0.6 is 0 Å². The van der Waals surface area contributed by atoms with Gasteiger partial charge in [-0.05, 0) is 18.1 Å². The first-order chi connectivity index (χ1) is 7.69. The normalized spacial score (nSPS) is 10.7. The Morgan fingerprint density at radius 2 is 2.25 bits per heavy atom. The zero-order valence-electron chi connectivity index (χ0n) is 9.65. The summed E-state index contributed by atoms with van der Waals surface area (Å²) in [5.74, 6) is -0.323. The second-order valence-electron chi connectivity index (χ2n) is 3.65. The summed E-state index contributed by atoms with van der Waals surface area (Å²) in [6.45, 7) is 2.08. The van der Waals surface area contributed by atoms with E-state index >= 15 is 0 Å². The Balaban J connectivity index is 2.77. The van der Waals surface area contributed by atoms with Crippen molar-refractivity contribution >= 4 is 16.9 Å². The second-order valence-corrected chi connectivity index (χ2v) is 3.65. The monoisotopic (exact) mass is 218 g/mol. The summed E-state index contributed by atoms with van der Waals surface area (Å²) in [6, 6.07) is 3.75. The van der Waals surface area contributed by atoms with Crippen LogP contribution in [0.2, 0.25) is 0 Å². The maximum Gasteiger partial charge on any atom is 0.340 e. The van der Waals surface area contributed by atoms with Gasteiger partial charge in [-0.3, -0.25) is 4.68 Å². The molecule has 0 fully saturated rings. The van der Waals surface area contributed by atoms with E-state index in [-0.39, 0.29) is 5.97 Å². The quantitative estimate of drug-likeness (QED) is 0.723. The molecule has 16 heavy (non-hydrogen) atoms. The number of carbonyl (C=O) groups excluding carboxylic acids is 1. The number of esters is 1. The molecule has 0 amide bonds. The van der Waals surface area contributed by atoms with Crippen LogP contribution in [-0.2, 0) is 18.2 Å². The van der Waals surface area contributed by atoms with Crippen LogP contribution in [0.15, 0.2) is 18.3 Å². The van der Waals surface area contributed by atoms with E-state index in [9.17, 15) is 4.79 Å². The highest BCUT2D eigenvalue weighted by Crippen LogP contribution is 2.23. The van der Waals surface area contributed by atoms with Gasteiger partial charge in [0.05, 0.1) is 24.4 Å². The Morgan fingerprint density at radius 1 is 1.50 bits per heavy atom. The summed E-state index contributed by atoms with van der Waals surface area (Å²) in [5.41, 5.74) is 2.59. The van der Waals surface area contributed by atoms with Gasteiger partial charge in [0.25, 0.3) is 0 Å². The zero-order chi connectivity index (χ0) is 11.7. The first-order valence-electron chi connectivity index (χ1n) is 5.21. The lowest BCUT2D eigenvalue weighted by molar-refractivity contribution is 0.0602. The average Bonchev–Trinajstić information content (AvgIpc) is 2.70. The topological polar surface area (TPSA) is 44.1 Å². The number of hydrogen-bond donors (Lipinski definition) is 0. The summed E-state index contributed by atoms with van der Waals surface area (Å²) in [4.78, 5) is 11.6. The van der Waals surface area contributed by atoms with Crippen molar-refractivity contribution < 1.29 is 9.53 Å². The fourth-order valence-corrected chi connectivity index (χ4v) is 1.93. The van der Waals surface area contributed by atoms with Crippen molar-refractivity contribution in [2.75, 3.05) is 7.11 Å². The van der Waals surface area contributed by atoms with E-state index in [4.69, 9.17) is 4.74 Å². The molecule has 0 bridgehead atoms. The Kier molecular flexibility index (Phi) is 2.64. The molecule has 0 radical (unpaired) electrons. The largest absolute Gasteiger partial charge is 0.465 e. The molecule has 1 heterocycles. The Bertz CT molecular complexity index is 543. The Labute approximate surface area is 93.8 Å². The molecule has 1 aromatic carbocycles. The van der Waals surface area contributed by atoms with Gasteiger partial charge < -0.3 is 4.74 Å². The number of methoxy groups -OCH3 is 1. The first-order valence-corrected chi connectivity index (χ1v) is 5.21. The number of aryl methyl sites for hydroxylation is 2. The van der Waals surface area contributed by atoms with Gasteiger partial charge in [0.2, 0.25) is 0 Å². The number of hydrogen-bond acceptors (Lipinski definition) is 3. The maximum atomic E-state index is 11.6. The molecule has 84 valence electrons. The molecular weight excluding hydrogens is 204 g/mol. The fraction of sp³-hybridized carbons (Fsp3) is 0.333. The molecule has 2 aromatic rings. The predicted molar refractivity (Wildman–Crippen MR) is 61.4 cm³/mol.